The molecule has 0 aromatic heterocycles. The Balaban J connectivity index is 1.00. The van der Waals surface area contributed by atoms with E-state index in [-0.39, 0.29) is 42.1 Å². The Hall–Kier alpha value is -0.980. The first-order valence-electron chi connectivity index (χ1n) is 18.5. The summed E-state index contributed by atoms with van der Waals surface area (Å²) in [6, 6.07) is 0. The number of carbonyl (C=O) groups excluding carboxylic acids is 2. The smallest absolute Gasteiger partial charge is 0.312 e. The van der Waals surface area contributed by atoms with Crippen LogP contribution in [-0.4, -0.2) is 43.7 Å². The lowest BCUT2D eigenvalue weighted by Crippen LogP contribution is -2.45. The number of esters is 1. The van der Waals surface area contributed by atoms with Crippen LogP contribution in [0.4, 0.5) is 0 Å². The molecule has 6 heteroatoms. The van der Waals surface area contributed by atoms with Gasteiger partial charge in [-0.05, 0) is 99.7 Å². The van der Waals surface area contributed by atoms with E-state index in [1.807, 2.05) is 0 Å². The molecule has 6 aliphatic carbocycles. The van der Waals surface area contributed by atoms with Gasteiger partial charge in [-0.1, -0.05) is 71.6 Å². The largest absolute Gasteiger partial charge is 0.462 e. The van der Waals surface area contributed by atoms with Gasteiger partial charge in [0.05, 0.1) is 5.41 Å². The summed E-state index contributed by atoms with van der Waals surface area (Å²) in [5.74, 6) is 4.83. The van der Waals surface area contributed by atoms with E-state index in [0.29, 0.717) is 23.7 Å². The average Bonchev–Trinajstić information content (AvgIpc) is 3.41. The normalized spacial score (nSPS) is 47.6. The first kappa shape index (κ1) is 30.7. The van der Waals surface area contributed by atoms with Gasteiger partial charge in [-0.25, -0.2) is 0 Å². The van der Waals surface area contributed by atoms with Gasteiger partial charge in [-0.15, -0.1) is 0 Å². The molecule has 6 bridgehead atoms. The number of rotatable bonds is 9. The van der Waals surface area contributed by atoms with Gasteiger partial charge in [-0.2, -0.15) is 0 Å². The van der Waals surface area contributed by atoms with E-state index >= 15 is 0 Å². The third kappa shape index (κ3) is 6.37. The molecule has 7 fully saturated rings. The highest BCUT2D eigenvalue weighted by Gasteiger charge is 2.51. The van der Waals surface area contributed by atoms with Crippen molar-refractivity contribution in [3.05, 3.63) is 0 Å². The van der Waals surface area contributed by atoms with Crippen molar-refractivity contribution in [2.45, 2.75) is 155 Å². The second-order valence-corrected chi connectivity index (χ2v) is 16.7. The molecular weight excluding hydrogens is 540 g/mol. The summed E-state index contributed by atoms with van der Waals surface area (Å²) < 4.78 is 25.6. The van der Waals surface area contributed by atoms with Crippen LogP contribution in [0.5, 0.6) is 0 Å². The van der Waals surface area contributed by atoms with E-state index in [4.69, 9.17) is 18.9 Å². The van der Waals surface area contributed by atoms with Crippen LogP contribution in [0.1, 0.15) is 136 Å². The summed E-state index contributed by atoms with van der Waals surface area (Å²) in [4.78, 5) is 27.4. The van der Waals surface area contributed by atoms with Crippen molar-refractivity contribution in [1.82, 2.24) is 0 Å². The van der Waals surface area contributed by atoms with Crippen LogP contribution in [0.2, 0.25) is 0 Å². The van der Waals surface area contributed by atoms with Crippen molar-refractivity contribution in [2.75, 3.05) is 13.2 Å². The number of fused-ring (bicyclic) bond motifs is 6. The number of carbonyl (C=O) groups is 2. The molecule has 10 atom stereocenters. The maximum absolute atomic E-state index is 13.7. The molecule has 0 amide bonds. The molecule has 1 saturated heterocycles. The number of Topliss-reactive ketones (excluding diaryl/α,β-unsaturated/α-hetero) is 1. The van der Waals surface area contributed by atoms with E-state index < -0.39 is 12.4 Å². The standard InChI is InChI=1S/C37H58O6/c1-3-28-12-14-37(13-6-11-29(28)21-37)35(39)41-22-31-34(43-33(42-31)30-17-24-7-4-8-25(15-24)18-30)40-23-32(38)36(2)19-26-9-5-10-27(16-26)20-36/h24-31,33-34H,3-23H2,1-2H3. The first-order valence-corrected chi connectivity index (χ1v) is 18.5. The van der Waals surface area contributed by atoms with Crippen molar-refractivity contribution >= 4 is 11.8 Å². The molecular formula is C37H58O6. The van der Waals surface area contributed by atoms with Gasteiger partial charge in [0, 0.05) is 11.3 Å². The summed E-state index contributed by atoms with van der Waals surface area (Å²) in [5, 5.41) is 0. The zero-order valence-electron chi connectivity index (χ0n) is 27.1. The van der Waals surface area contributed by atoms with Crippen LogP contribution in [0.3, 0.4) is 0 Å². The fraction of sp³-hybridized carbons (Fsp3) is 0.946. The van der Waals surface area contributed by atoms with Crippen molar-refractivity contribution in [1.29, 1.82) is 0 Å². The third-order valence-corrected chi connectivity index (χ3v) is 13.7. The summed E-state index contributed by atoms with van der Waals surface area (Å²) >= 11 is 0. The van der Waals surface area contributed by atoms with E-state index in [2.05, 4.69) is 13.8 Å². The molecule has 43 heavy (non-hydrogen) atoms. The summed E-state index contributed by atoms with van der Waals surface area (Å²) in [5.41, 5.74) is -0.627. The average molecular weight is 599 g/mol. The van der Waals surface area contributed by atoms with Gasteiger partial charge in [-0.3, -0.25) is 9.59 Å². The van der Waals surface area contributed by atoms with Crippen molar-refractivity contribution in [3.63, 3.8) is 0 Å². The monoisotopic (exact) mass is 598 g/mol. The summed E-state index contributed by atoms with van der Waals surface area (Å²) in [7, 11) is 0. The molecule has 1 aliphatic heterocycles. The summed E-state index contributed by atoms with van der Waals surface area (Å²) in [6.45, 7) is 4.67. The zero-order valence-corrected chi connectivity index (χ0v) is 27.1. The van der Waals surface area contributed by atoms with Gasteiger partial charge in [0.1, 0.15) is 19.3 Å². The van der Waals surface area contributed by atoms with Crippen molar-refractivity contribution in [3.8, 4) is 0 Å². The van der Waals surface area contributed by atoms with Gasteiger partial charge in [0.2, 0.25) is 0 Å². The number of ether oxygens (including phenoxy) is 4. The second kappa shape index (κ2) is 12.7. The molecule has 0 aromatic carbocycles. The fourth-order valence-corrected chi connectivity index (χ4v) is 11.5. The Morgan fingerprint density at radius 3 is 2.19 bits per heavy atom. The Morgan fingerprint density at radius 2 is 1.47 bits per heavy atom. The lowest BCUT2D eigenvalue weighted by atomic mass is 9.58. The molecule has 7 aliphatic rings. The van der Waals surface area contributed by atoms with Crippen LogP contribution in [0, 0.1) is 52.3 Å². The SMILES string of the molecule is CCC1CCC2(C(=O)OCC3OC(C4CC5CCCC(C5)C4)OC3OCC(=O)C3(C)CC4CCCC(C4)C3)CCCC1C2. The van der Waals surface area contributed by atoms with Crippen LogP contribution >= 0.6 is 0 Å². The lowest BCUT2D eigenvalue weighted by Gasteiger charge is -2.47. The summed E-state index contributed by atoms with van der Waals surface area (Å²) in [6.07, 6.45) is 20.9. The Bertz CT molecular complexity index is 987. The molecule has 0 radical (unpaired) electrons. The number of hydrogen-bond donors (Lipinski definition) is 0. The molecule has 10 unspecified atom stereocenters. The van der Waals surface area contributed by atoms with Gasteiger partial charge in [0.15, 0.2) is 18.4 Å². The molecule has 6 nitrogen and oxygen atoms in total. The lowest BCUT2D eigenvalue weighted by molar-refractivity contribution is -0.180. The maximum atomic E-state index is 13.7. The first-order chi connectivity index (χ1) is 20.8. The van der Waals surface area contributed by atoms with E-state index in [1.54, 1.807) is 0 Å². The molecule has 1 heterocycles. The third-order valence-electron chi connectivity index (χ3n) is 13.7. The fourth-order valence-electron chi connectivity index (χ4n) is 11.5. The molecule has 0 N–H and O–H groups in total. The maximum Gasteiger partial charge on any atom is 0.312 e. The molecule has 7 rings (SSSR count). The Labute approximate surface area is 260 Å². The second-order valence-electron chi connectivity index (χ2n) is 16.7. The molecule has 0 aromatic rings. The molecule has 6 saturated carbocycles. The van der Waals surface area contributed by atoms with Crippen LogP contribution in [0.15, 0.2) is 0 Å². The molecule has 0 spiro atoms. The minimum Gasteiger partial charge on any atom is -0.462 e. The van der Waals surface area contributed by atoms with E-state index in [9.17, 15) is 9.59 Å². The predicted molar refractivity (Wildman–Crippen MR) is 164 cm³/mol. The van der Waals surface area contributed by atoms with E-state index in [1.165, 1.54) is 64.2 Å². The van der Waals surface area contributed by atoms with Gasteiger partial charge < -0.3 is 18.9 Å². The quantitative estimate of drug-likeness (QED) is 0.251. The molecule has 242 valence electrons. The Morgan fingerprint density at radius 1 is 0.767 bits per heavy atom. The minimum atomic E-state index is -0.664. The van der Waals surface area contributed by atoms with Crippen LogP contribution in [-0.2, 0) is 28.5 Å². The van der Waals surface area contributed by atoms with Crippen molar-refractivity contribution < 1.29 is 28.5 Å². The zero-order chi connectivity index (χ0) is 29.6. The topological polar surface area (TPSA) is 71.1 Å². The van der Waals surface area contributed by atoms with Gasteiger partial charge >= 0.3 is 5.97 Å². The highest BCUT2D eigenvalue weighted by molar-refractivity contribution is 5.85. The number of ketones is 1. The minimum absolute atomic E-state index is 0.0397. The van der Waals surface area contributed by atoms with Crippen LogP contribution < -0.4 is 0 Å². The highest BCUT2D eigenvalue weighted by atomic mass is 16.8. The van der Waals surface area contributed by atoms with E-state index in [0.717, 1.165) is 75.5 Å². The van der Waals surface area contributed by atoms with Crippen molar-refractivity contribution in [2.24, 2.45) is 52.3 Å². The van der Waals surface area contributed by atoms with Gasteiger partial charge in [0.25, 0.3) is 0 Å². The predicted octanol–water partition coefficient (Wildman–Crippen LogP) is 8.00. The highest BCUT2D eigenvalue weighted by Crippen LogP contribution is 2.53. The Kier molecular flexibility index (Phi) is 9.03. The number of hydrogen-bond acceptors (Lipinski definition) is 6. The van der Waals surface area contributed by atoms with Crippen LogP contribution in [0.25, 0.3) is 0 Å².